The number of aliphatic hydroxyl groups excluding tert-OH is 1. The first-order valence-corrected chi connectivity index (χ1v) is 13.8. The van der Waals surface area contributed by atoms with E-state index in [1.807, 2.05) is 45.9 Å². The number of aliphatic hydroxyl groups is 1. The fourth-order valence-electron chi connectivity index (χ4n) is 4.90. The van der Waals surface area contributed by atoms with Crippen LogP contribution >= 0.6 is 11.6 Å². The summed E-state index contributed by atoms with van der Waals surface area (Å²) in [7, 11) is 0. The fraction of sp³-hybridized carbons (Fsp3) is 0.344. The van der Waals surface area contributed by atoms with Gasteiger partial charge in [0.1, 0.15) is 12.2 Å². The van der Waals surface area contributed by atoms with Gasteiger partial charge in [-0.25, -0.2) is 4.79 Å². The number of aryl methyl sites for hydroxylation is 2. The van der Waals surface area contributed by atoms with Gasteiger partial charge in [-0.1, -0.05) is 49.7 Å². The van der Waals surface area contributed by atoms with Crippen LogP contribution in [0.5, 0.6) is 0 Å². The summed E-state index contributed by atoms with van der Waals surface area (Å²) in [5, 5.41) is 22.6. The van der Waals surface area contributed by atoms with Crippen LogP contribution < -0.4 is 10.2 Å². The second-order valence-electron chi connectivity index (χ2n) is 11.3. The number of nitrogens with zero attached hydrogens (tertiary/aromatic N) is 1. The van der Waals surface area contributed by atoms with Crippen LogP contribution in [0.2, 0.25) is 5.02 Å². The normalized spacial score (nSPS) is 17.1. The summed E-state index contributed by atoms with van der Waals surface area (Å²) in [6.45, 7) is 9.45. The van der Waals surface area contributed by atoms with Crippen molar-refractivity contribution in [2.24, 2.45) is 5.41 Å². The molecule has 0 saturated carbocycles. The van der Waals surface area contributed by atoms with E-state index in [2.05, 4.69) is 5.32 Å². The lowest BCUT2D eigenvalue weighted by molar-refractivity contribution is -0.136. The molecule has 1 aliphatic heterocycles. The van der Waals surface area contributed by atoms with Crippen LogP contribution in [0.3, 0.4) is 0 Å². The number of halogens is 1. The smallest absolute Gasteiger partial charge is 0.335 e. The van der Waals surface area contributed by atoms with Gasteiger partial charge in [0.05, 0.1) is 12.0 Å². The van der Waals surface area contributed by atoms with Gasteiger partial charge in [0, 0.05) is 40.5 Å². The van der Waals surface area contributed by atoms with Crippen LogP contribution in [-0.4, -0.2) is 47.3 Å². The molecule has 1 heterocycles. The summed E-state index contributed by atoms with van der Waals surface area (Å²) < 4.78 is 6.54. The minimum Gasteiger partial charge on any atom is -0.478 e. The summed E-state index contributed by atoms with van der Waals surface area (Å²) in [6.07, 6.45) is -2.19. The molecule has 0 spiro atoms. The highest BCUT2D eigenvalue weighted by molar-refractivity contribution is 6.30. The van der Waals surface area contributed by atoms with Crippen LogP contribution in [-0.2, 0) is 14.3 Å². The molecule has 4 rings (SSSR count). The van der Waals surface area contributed by atoms with Crippen LogP contribution in [0.15, 0.2) is 54.6 Å². The first-order valence-electron chi connectivity index (χ1n) is 13.4. The predicted molar refractivity (Wildman–Crippen MR) is 159 cm³/mol. The van der Waals surface area contributed by atoms with E-state index in [0.29, 0.717) is 27.5 Å². The van der Waals surface area contributed by atoms with E-state index in [9.17, 15) is 24.6 Å². The molecule has 216 valence electrons. The fourth-order valence-corrected chi connectivity index (χ4v) is 5.08. The molecule has 0 unspecified atom stereocenters. The second kappa shape index (κ2) is 12.0. The molecular weight excluding hydrogens is 544 g/mol. The Morgan fingerprint density at radius 1 is 1.02 bits per heavy atom. The molecule has 3 N–H and O–H groups in total. The van der Waals surface area contributed by atoms with E-state index >= 15 is 0 Å². The molecule has 9 heteroatoms. The highest BCUT2D eigenvalue weighted by Gasteiger charge is 2.40. The molecule has 1 aliphatic rings. The summed E-state index contributed by atoms with van der Waals surface area (Å²) in [6, 6.07) is 15.6. The number of fused-ring (bicyclic) bond motifs is 1. The van der Waals surface area contributed by atoms with E-state index in [-0.39, 0.29) is 25.1 Å². The number of carboxylic acids is 1. The predicted octanol–water partition coefficient (Wildman–Crippen LogP) is 5.83. The minimum atomic E-state index is -1.18. The zero-order valence-corrected chi connectivity index (χ0v) is 24.6. The molecule has 2 amide bonds. The molecule has 0 fully saturated rings. The molecular formula is C32H35ClN2O6. The maximum Gasteiger partial charge on any atom is 0.335 e. The van der Waals surface area contributed by atoms with Crippen molar-refractivity contribution in [1.29, 1.82) is 0 Å². The summed E-state index contributed by atoms with van der Waals surface area (Å²) >= 11 is 6.45. The molecule has 0 saturated heterocycles. The van der Waals surface area contributed by atoms with Gasteiger partial charge >= 0.3 is 5.97 Å². The minimum absolute atomic E-state index is 0.0346. The highest BCUT2D eigenvalue weighted by Crippen LogP contribution is 2.42. The zero-order chi connectivity index (χ0) is 30.1. The summed E-state index contributed by atoms with van der Waals surface area (Å²) in [5.74, 6) is -2.04. The maximum atomic E-state index is 14.1. The van der Waals surface area contributed by atoms with Crippen LogP contribution in [0.1, 0.15) is 64.5 Å². The lowest BCUT2D eigenvalue weighted by Gasteiger charge is -2.32. The standard InChI is InChI=1S/C32H35ClN2O6/c1-18-7-6-8-23(20(18)3)29-24-14-22(33)11-12-26(24)35(16-32(4,5)17-36)30(38)27(41-29)15-28(37)34-25-13-21(31(39)40)10-9-19(25)2/h6-14,27,29,36H,15-17H2,1-5H3,(H,34,37)(H,39,40)/t27-,29-/m1/s1. The van der Waals surface area contributed by atoms with Crippen LogP contribution in [0.25, 0.3) is 0 Å². The van der Waals surface area contributed by atoms with E-state index in [0.717, 1.165) is 16.7 Å². The monoisotopic (exact) mass is 578 g/mol. The number of anilines is 2. The Kier molecular flexibility index (Phi) is 8.87. The van der Waals surface area contributed by atoms with Gasteiger partial charge in [-0.15, -0.1) is 0 Å². The molecule has 0 radical (unpaired) electrons. The Morgan fingerprint density at radius 3 is 2.44 bits per heavy atom. The molecule has 0 aliphatic carbocycles. The first-order chi connectivity index (χ1) is 19.3. The number of carbonyl (C=O) groups is 3. The third kappa shape index (κ3) is 6.62. The quantitative estimate of drug-likeness (QED) is 0.310. The van der Waals surface area contributed by atoms with Crippen molar-refractivity contribution in [2.75, 3.05) is 23.4 Å². The summed E-state index contributed by atoms with van der Waals surface area (Å²) in [5.41, 5.74) is 4.57. The van der Waals surface area contributed by atoms with Gasteiger partial charge in [-0.05, 0) is 73.4 Å². The largest absolute Gasteiger partial charge is 0.478 e. The lowest BCUT2D eigenvalue weighted by Crippen LogP contribution is -2.46. The Bertz CT molecular complexity index is 1500. The molecule has 2 atom stereocenters. The van der Waals surface area contributed by atoms with Gasteiger partial charge < -0.3 is 25.2 Å². The molecule has 0 aromatic heterocycles. The molecule has 3 aromatic carbocycles. The van der Waals surface area contributed by atoms with Gasteiger partial charge in [0.2, 0.25) is 5.91 Å². The average Bonchev–Trinajstić information content (AvgIpc) is 3.01. The van der Waals surface area contributed by atoms with E-state index in [1.54, 1.807) is 36.1 Å². The Balaban J connectivity index is 1.78. The van der Waals surface area contributed by atoms with Crippen molar-refractivity contribution >= 4 is 40.8 Å². The SMILES string of the molecule is Cc1ccc(C(=O)O)cc1NC(=O)C[C@H]1O[C@H](c2cccc(C)c2C)c2cc(Cl)ccc2N(CC(C)(C)CO)C1=O. The second-order valence-corrected chi connectivity index (χ2v) is 11.8. The number of rotatable bonds is 8. The highest BCUT2D eigenvalue weighted by atomic mass is 35.5. The molecule has 0 bridgehead atoms. The van der Waals surface area contributed by atoms with Gasteiger partial charge in [0.15, 0.2) is 0 Å². The number of amides is 2. The van der Waals surface area contributed by atoms with Gasteiger partial charge in [-0.3, -0.25) is 9.59 Å². The molecule has 41 heavy (non-hydrogen) atoms. The average molecular weight is 579 g/mol. The van der Waals surface area contributed by atoms with Gasteiger partial charge in [0.25, 0.3) is 5.91 Å². The van der Waals surface area contributed by atoms with Gasteiger partial charge in [-0.2, -0.15) is 0 Å². The number of carboxylic acid groups (broad SMARTS) is 1. The number of benzene rings is 3. The van der Waals surface area contributed by atoms with E-state index in [1.165, 1.54) is 12.1 Å². The number of hydrogen-bond donors (Lipinski definition) is 3. The lowest BCUT2D eigenvalue weighted by atomic mass is 9.91. The maximum absolute atomic E-state index is 14.1. The Hall–Kier alpha value is -3.72. The van der Waals surface area contributed by atoms with Crippen LogP contribution in [0.4, 0.5) is 11.4 Å². The van der Waals surface area contributed by atoms with E-state index in [4.69, 9.17) is 16.3 Å². The van der Waals surface area contributed by atoms with Crippen LogP contribution in [0, 0.1) is 26.2 Å². The third-order valence-corrected chi connectivity index (χ3v) is 7.71. The third-order valence-electron chi connectivity index (χ3n) is 7.48. The van der Waals surface area contributed by atoms with Crippen molar-refractivity contribution in [3.63, 3.8) is 0 Å². The number of hydrogen-bond acceptors (Lipinski definition) is 5. The number of carbonyl (C=O) groups excluding carboxylic acids is 2. The number of ether oxygens (including phenoxy) is 1. The number of nitrogens with one attached hydrogen (secondary N) is 1. The van der Waals surface area contributed by atoms with Crippen molar-refractivity contribution in [2.45, 2.75) is 53.2 Å². The Labute approximate surface area is 244 Å². The Morgan fingerprint density at radius 2 is 1.76 bits per heavy atom. The molecule has 3 aromatic rings. The summed E-state index contributed by atoms with van der Waals surface area (Å²) in [4.78, 5) is 40.5. The van der Waals surface area contributed by atoms with Crippen molar-refractivity contribution in [1.82, 2.24) is 0 Å². The van der Waals surface area contributed by atoms with Crippen molar-refractivity contribution in [3.05, 3.63) is 93.0 Å². The van der Waals surface area contributed by atoms with Crippen molar-refractivity contribution in [3.8, 4) is 0 Å². The first kappa shape index (κ1) is 30.2. The van der Waals surface area contributed by atoms with Crippen molar-refractivity contribution < 1.29 is 29.3 Å². The topological polar surface area (TPSA) is 116 Å². The number of aromatic carboxylic acids is 1. The zero-order valence-electron chi connectivity index (χ0n) is 23.8. The molecule has 8 nitrogen and oxygen atoms in total. The van der Waals surface area contributed by atoms with E-state index < -0.39 is 35.4 Å².